The van der Waals surface area contributed by atoms with Crippen molar-refractivity contribution in [2.75, 3.05) is 37.0 Å². The van der Waals surface area contributed by atoms with Crippen molar-refractivity contribution in [1.82, 2.24) is 9.97 Å². The number of fused-ring (bicyclic) bond motifs is 1. The molecule has 6 nitrogen and oxygen atoms in total. The molecule has 2 aromatic heterocycles. The van der Waals surface area contributed by atoms with Gasteiger partial charge in [-0.15, -0.1) is 11.3 Å². The van der Waals surface area contributed by atoms with E-state index in [1.807, 2.05) is 6.07 Å². The van der Waals surface area contributed by atoms with Crippen LogP contribution in [0.15, 0.2) is 60.0 Å². The SMILES string of the molecule is COCc1nc(NCc2ccc(N3CCC(CO)CC3)cc2)c2c(-c3ccccc3)csc2n1. The largest absolute Gasteiger partial charge is 0.396 e. The van der Waals surface area contributed by atoms with E-state index in [-0.39, 0.29) is 0 Å². The Labute approximate surface area is 204 Å². The Kier molecular flexibility index (Phi) is 7.04. The third-order valence-electron chi connectivity index (χ3n) is 6.47. The Balaban J connectivity index is 1.36. The summed E-state index contributed by atoms with van der Waals surface area (Å²) in [4.78, 5) is 12.9. The second-order valence-electron chi connectivity index (χ2n) is 8.75. The molecule has 0 atom stereocenters. The average molecular weight is 475 g/mol. The van der Waals surface area contributed by atoms with Crippen molar-refractivity contribution in [3.05, 3.63) is 71.4 Å². The Morgan fingerprint density at radius 3 is 2.53 bits per heavy atom. The lowest BCUT2D eigenvalue weighted by atomic mass is 9.97. The zero-order valence-corrected chi connectivity index (χ0v) is 20.2. The summed E-state index contributed by atoms with van der Waals surface area (Å²) in [6, 6.07) is 19.1. The van der Waals surface area contributed by atoms with Crippen LogP contribution in [0, 0.1) is 5.92 Å². The molecule has 0 amide bonds. The third-order valence-corrected chi connectivity index (χ3v) is 7.34. The van der Waals surface area contributed by atoms with E-state index in [9.17, 15) is 5.11 Å². The average Bonchev–Trinajstić information content (AvgIpc) is 3.33. The lowest BCUT2D eigenvalue weighted by Crippen LogP contribution is -2.34. The van der Waals surface area contributed by atoms with Crippen LogP contribution < -0.4 is 10.2 Å². The second kappa shape index (κ2) is 10.5. The van der Waals surface area contributed by atoms with Gasteiger partial charge in [0.2, 0.25) is 0 Å². The van der Waals surface area contributed by atoms with E-state index < -0.39 is 0 Å². The monoisotopic (exact) mass is 474 g/mol. The van der Waals surface area contributed by atoms with Crippen molar-refractivity contribution >= 4 is 33.1 Å². The molecule has 0 spiro atoms. The van der Waals surface area contributed by atoms with Gasteiger partial charge in [-0.1, -0.05) is 42.5 Å². The highest BCUT2D eigenvalue weighted by atomic mass is 32.1. The van der Waals surface area contributed by atoms with Crippen LogP contribution in [0.1, 0.15) is 24.2 Å². The summed E-state index contributed by atoms with van der Waals surface area (Å²) in [6.45, 7) is 3.37. The maximum atomic E-state index is 9.38. The molecule has 0 bridgehead atoms. The molecule has 34 heavy (non-hydrogen) atoms. The van der Waals surface area contributed by atoms with Crippen LogP contribution in [0.5, 0.6) is 0 Å². The Morgan fingerprint density at radius 2 is 1.82 bits per heavy atom. The molecule has 0 unspecified atom stereocenters. The maximum Gasteiger partial charge on any atom is 0.158 e. The Hall–Kier alpha value is -3.00. The Bertz CT molecular complexity index is 1220. The molecular weight excluding hydrogens is 444 g/mol. The first-order valence-corrected chi connectivity index (χ1v) is 12.6. The number of piperidine rings is 1. The smallest absolute Gasteiger partial charge is 0.158 e. The molecule has 1 aliphatic heterocycles. The van der Waals surface area contributed by atoms with Crippen LogP contribution in [0.4, 0.5) is 11.5 Å². The van der Waals surface area contributed by atoms with E-state index in [0.29, 0.717) is 31.5 Å². The van der Waals surface area contributed by atoms with Gasteiger partial charge in [-0.25, -0.2) is 9.97 Å². The molecule has 4 aromatic rings. The fraction of sp³-hybridized carbons (Fsp3) is 0.333. The Morgan fingerprint density at radius 1 is 1.06 bits per heavy atom. The number of nitrogens with one attached hydrogen (secondary N) is 1. The first kappa shape index (κ1) is 22.8. The first-order valence-electron chi connectivity index (χ1n) is 11.8. The molecule has 5 rings (SSSR count). The van der Waals surface area contributed by atoms with Crippen LogP contribution in [-0.2, 0) is 17.9 Å². The summed E-state index contributed by atoms with van der Waals surface area (Å²) in [5, 5.41) is 16.2. The van der Waals surface area contributed by atoms with E-state index in [1.165, 1.54) is 11.3 Å². The van der Waals surface area contributed by atoms with Gasteiger partial charge in [0.15, 0.2) is 5.82 Å². The molecule has 0 saturated carbocycles. The predicted molar refractivity (Wildman–Crippen MR) is 139 cm³/mol. The van der Waals surface area contributed by atoms with Crippen LogP contribution >= 0.6 is 11.3 Å². The predicted octanol–water partition coefficient (Wildman–Crippen LogP) is 5.33. The van der Waals surface area contributed by atoms with Gasteiger partial charge >= 0.3 is 0 Å². The number of hydrogen-bond acceptors (Lipinski definition) is 7. The first-order chi connectivity index (χ1) is 16.7. The highest BCUT2D eigenvalue weighted by Gasteiger charge is 2.19. The van der Waals surface area contributed by atoms with Crippen molar-refractivity contribution in [3.8, 4) is 11.1 Å². The summed E-state index contributed by atoms with van der Waals surface area (Å²) in [5.74, 6) is 1.97. The standard InChI is InChI=1S/C27H30N4O2S/c1-33-17-24-29-26(25-23(18-34-27(25)30-24)21-5-3-2-4-6-21)28-15-19-7-9-22(10-8-19)31-13-11-20(16-32)12-14-31/h2-10,18,20,32H,11-17H2,1H3,(H,28,29,30). The van der Waals surface area contributed by atoms with Crippen molar-refractivity contribution in [2.24, 2.45) is 5.92 Å². The molecule has 1 saturated heterocycles. The minimum Gasteiger partial charge on any atom is -0.396 e. The minimum atomic E-state index is 0.303. The molecule has 176 valence electrons. The minimum absolute atomic E-state index is 0.303. The van der Waals surface area contributed by atoms with Crippen molar-refractivity contribution in [3.63, 3.8) is 0 Å². The molecule has 3 heterocycles. The normalized spacial score (nSPS) is 14.6. The number of aromatic nitrogens is 2. The molecule has 1 fully saturated rings. The van der Waals surface area contributed by atoms with E-state index in [4.69, 9.17) is 14.7 Å². The number of thiophene rings is 1. The third kappa shape index (κ3) is 4.92. The number of aliphatic hydroxyl groups is 1. The van der Waals surface area contributed by atoms with E-state index in [1.54, 1.807) is 18.4 Å². The highest BCUT2D eigenvalue weighted by molar-refractivity contribution is 7.17. The number of hydrogen-bond donors (Lipinski definition) is 2. The lowest BCUT2D eigenvalue weighted by molar-refractivity contribution is 0.178. The fourth-order valence-corrected chi connectivity index (χ4v) is 5.49. The molecule has 7 heteroatoms. The van der Waals surface area contributed by atoms with Gasteiger partial charge in [-0.3, -0.25) is 0 Å². The van der Waals surface area contributed by atoms with Gasteiger partial charge in [0.25, 0.3) is 0 Å². The maximum absolute atomic E-state index is 9.38. The number of ether oxygens (including phenoxy) is 1. The number of nitrogens with zero attached hydrogens (tertiary/aromatic N) is 3. The van der Waals surface area contributed by atoms with Gasteiger partial charge in [0, 0.05) is 50.0 Å². The van der Waals surface area contributed by atoms with Crippen LogP contribution in [0.2, 0.25) is 0 Å². The summed E-state index contributed by atoms with van der Waals surface area (Å²) < 4.78 is 5.30. The summed E-state index contributed by atoms with van der Waals surface area (Å²) >= 11 is 1.64. The quantitative estimate of drug-likeness (QED) is 0.360. The summed E-state index contributed by atoms with van der Waals surface area (Å²) in [6.07, 6.45) is 2.11. The number of methoxy groups -OCH3 is 1. The van der Waals surface area contributed by atoms with Crippen LogP contribution in [0.25, 0.3) is 21.3 Å². The topological polar surface area (TPSA) is 70.5 Å². The molecular formula is C27H30N4O2S. The summed E-state index contributed by atoms with van der Waals surface area (Å²) in [7, 11) is 1.67. The van der Waals surface area contributed by atoms with Gasteiger partial charge in [0.05, 0.1) is 5.39 Å². The van der Waals surface area contributed by atoms with Crippen LogP contribution in [-0.4, -0.2) is 41.9 Å². The van der Waals surface area contributed by atoms with E-state index in [2.05, 4.69) is 64.1 Å². The summed E-state index contributed by atoms with van der Waals surface area (Å²) in [5.41, 5.74) is 4.75. The van der Waals surface area contributed by atoms with Gasteiger partial charge in [-0.05, 0) is 42.0 Å². The number of anilines is 2. The number of benzene rings is 2. The molecule has 0 radical (unpaired) electrons. The molecule has 2 N–H and O–H groups in total. The van der Waals surface area contributed by atoms with Gasteiger partial charge in [0.1, 0.15) is 17.3 Å². The van der Waals surface area contributed by atoms with E-state index in [0.717, 1.165) is 53.1 Å². The zero-order valence-electron chi connectivity index (χ0n) is 19.4. The van der Waals surface area contributed by atoms with Gasteiger partial charge in [-0.2, -0.15) is 0 Å². The van der Waals surface area contributed by atoms with Crippen molar-refractivity contribution in [2.45, 2.75) is 26.0 Å². The van der Waals surface area contributed by atoms with Crippen LogP contribution in [0.3, 0.4) is 0 Å². The number of rotatable bonds is 8. The van der Waals surface area contributed by atoms with Crippen molar-refractivity contribution in [1.29, 1.82) is 0 Å². The van der Waals surface area contributed by atoms with Gasteiger partial charge < -0.3 is 20.1 Å². The van der Waals surface area contributed by atoms with Crippen molar-refractivity contribution < 1.29 is 9.84 Å². The number of aliphatic hydroxyl groups excluding tert-OH is 1. The molecule has 2 aromatic carbocycles. The van der Waals surface area contributed by atoms with E-state index >= 15 is 0 Å². The molecule has 1 aliphatic rings. The lowest BCUT2D eigenvalue weighted by Gasteiger charge is -2.33. The fourth-order valence-electron chi connectivity index (χ4n) is 4.52. The zero-order chi connectivity index (χ0) is 23.3. The highest BCUT2D eigenvalue weighted by Crippen LogP contribution is 2.37. The molecule has 0 aliphatic carbocycles. The second-order valence-corrected chi connectivity index (χ2v) is 9.61.